The maximum absolute atomic E-state index is 3.71. The molecule has 2 fully saturated rings. The van der Waals surface area contributed by atoms with E-state index in [2.05, 4.69) is 37.9 Å². The molecule has 1 heterocycles. The minimum atomic E-state index is 0.507. The first-order chi connectivity index (χ1) is 9.50. The largest absolute Gasteiger partial charge is 0.313 e. The molecule has 1 unspecified atom stereocenters. The molecule has 0 aromatic carbocycles. The number of piperidine rings is 1. The minimum absolute atomic E-state index is 0.507. The second kappa shape index (κ2) is 7.26. The van der Waals surface area contributed by atoms with Gasteiger partial charge in [0.15, 0.2) is 0 Å². The van der Waals surface area contributed by atoms with Gasteiger partial charge in [0.25, 0.3) is 0 Å². The normalized spacial score (nSPS) is 32.5. The highest BCUT2D eigenvalue weighted by Gasteiger charge is 2.32. The van der Waals surface area contributed by atoms with E-state index in [0.717, 1.165) is 18.0 Å². The Morgan fingerprint density at radius 1 is 1.00 bits per heavy atom. The van der Waals surface area contributed by atoms with E-state index < -0.39 is 0 Å². The highest BCUT2D eigenvalue weighted by molar-refractivity contribution is 4.86. The molecular formula is C18H36N2. The van der Waals surface area contributed by atoms with Gasteiger partial charge >= 0.3 is 0 Å². The maximum atomic E-state index is 3.71. The van der Waals surface area contributed by atoms with Crippen LogP contribution in [-0.4, -0.2) is 36.6 Å². The zero-order valence-corrected chi connectivity index (χ0v) is 14.3. The molecule has 2 nitrogen and oxygen atoms in total. The Bertz CT molecular complexity index is 268. The van der Waals surface area contributed by atoms with Gasteiger partial charge in [-0.25, -0.2) is 0 Å². The Kier molecular flexibility index (Phi) is 5.92. The fraction of sp³-hybridized carbons (Fsp3) is 1.00. The summed E-state index contributed by atoms with van der Waals surface area (Å²) in [6, 6.07) is 1.60. The zero-order chi connectivity index (χ0) is 14.6. The predicted molar refractivity (Wildman–Crippen MR) is 88.1 cm³/mol. The number of nitrogens with one attached hydrogen (secondary N) is 1. The molecule has 2 aliphatic rings. The molecule has 1 aliphatic heterocycles. The molecule has 1 aliphatic carbocycles. The third kappa shape index (κ3) is 4.46. The molecule has 1 saturated heterocycles. The van der Waals surface area contributed by atoms with Gasteiger partial charge in [-0.1, -0.05) is 34.1 Å². The van der Waals surface area contributed by atoms with Crippen molar-refractivity contribution < 1.29 is 0 Å². The molecular weight excluding hydrogens is 244 g/mol. The van der Waals surface area contributed by atoms with E-state index in [0.29, 0.717) is 5.41 Å². The SMILES string of the molecule is CCN(CC1CCCCN1)C1CCC(C(C)(C)C)CC1. The molecule has 1 saturated carbocycles. The van der Waals surface area contributed by atoms with Crippen LogP contribution in [0, 0.1) is 11.3 Å². The highest BCUT2D eigenvalue weighted by Crippen LogP contribution is 2.39. The van der Waals surface area contributed by atoms with E-state index in [1.807, 2.05) is 0 Å². The monoisotopic (exact) mass is 280 g/mol. The third-order valence-corrected chi connectivity index (χ3v) is 5.71. The van der Waals surface area contributed by atoms with Crippen LogP contribution in [0.15, 0.2) is 0 Å². The standard InChI is InChI=1S/C18H36N2/c1-5-20(14-16-8-6-7-13-19-16)17-11-9-15(10-12-17)18(2,3)4/h15-17,19H,5-14H2,1-4H3. The van der Waals surface area contributed by atoms with Gasteiger partial charge in [-0.15, -0.1) is 0 Å². The van der Waals surface area contributed by atoms with Crippen molar-refractivity contribution in [2.75, 3.05) is 19.6 Å². The Morgan fingerprint density at radius 3 is 2.20 bits per heavy atom. The summed E-state index contributed by atoms with van der Waals surface area (Å²) in [6.45, 7) is 13.3. The second-order valence-corrected chi connectivity index (χ2v) is 8.11. The first kappa shape index (κ1) is 16.3. The van der Waals surface area contributed by atoms with Crippen LogP contribution in [0.5, 0.6) is 0 Å². The summed E-state index contributed by atoms with van der Waals surface area (Å²) < 4.78 is 0. The average molecular weight is 281 g/mol. The van der Waals surface area contributed by atoms with Gasteiger partial charge in [0.2, 0.25) is 0 Å². The highest BCUT2D eigenvalue weighted by atomic mass is 15.2. The van der Waals surface area contributed by atoms with Crippen LogP contribution in [0.2, 0.25) is 0 Å². The summed E-state index contributed by atoms with van der Waals surface area (Å²) in [5.74, 6) is 0.935. The van der Waals surface area contributed by atoms with Crippen molar-refractivity contribution in [2.45, 2.75) is 84.7 Å². The van der Waals surface area contributed by atoms with Crippen LogP contribution < -0.4 is 5.32 Å². The van der Waals surface area contributed by atoms with E-state index in [-0.39, 0.29) is 0 Å². The lowest BCUT2D eigenvalue weighted by molar-refractivity contribution is 0.0894. The molecule has 118 valence electrons. The quantitative estimate of drug-likeness (QED) is 0.835. The van der Waals surface area contributed by atoms with Crippen LogP contribution in [-0.2, 0) is 0 Å². The first-order valence-electron chi connectivity index (χ1n) is 8.98. The summed E-state index contributed by atoms with van der Waals surface area (Å²) in [4.78, 5) is 2.77. The number of hydrogen-bond donors (Lipinski definition) is 1. The van der Waals surface area contributed by atoms with Crippen LogP contribution in [0.4, 0.5) is 0 Å². The van der Waals surface area contributed by atoms with E-state index in [1.165, 1.54) is 64.6 Å². The van der Waals surface area contributed by atoms with Gasteiger partial charge in [0, 0.05) is 18.6 Å². The van der Waals surface area contributed by atoms with Crippen LogP contribution in [0.1, 0.15) is 72.6 Å². The molecule has 0 bridgehead atoms. The fourth-order valence-electron chi connectivity index (χ4n) is 4.21. The van der Waals surface area contributed by atoms with E-state index in [1.54, 1.807) is 0 Å². The molecule has 1 atom stereocenters. The van der Waals surface area contributed by atoms with Gasteiger partial charge in [-0.2, -0.15) is 0 Å². The van der Waals surface area contributed by atoms with Crippen molar-refractivity contribution >= 4 is 0 Å². The lowest BCUT2D eigenvalue weighted by atomic mass is 9.71. The number of hydrogen-bond acceptors (Lipinski definition) is 2. The Labute approximate surface area is 126 Å². The van der Waals surface area contributed by atoms with Gasteiger partial charge in [-0.3, -0.25) is 4.90 Å². The average Bonchev–Trinajstić information content (AvgIpc) is 2.45. The van der Waals surface area contributed by atoms with Crippen LogP contribution in [0.3, 0.4) is 0 Å². The van der Waals surface area contributed by atoms with Crippen molar-refractivity contribution in [3.05, 3.63) is 0 Å². The molecule has 0 spiro atoms. The van der Waals surface area contributed by atoms with Crippen LogP contribution >= 0.6 is 0 Å². The second-order valence-electron chi connectivity index (χ2n) is 8.11. The van der Waals surface area contributed by atoms with Crippen molar-refractivity contribution in [2.24, 2.45) is 11.3 Å². The molecule has 1 N–H and O–H groups in total. The lowest BCUT2D eigenvalue weighted by Crippen LogP contribution is -2.48. The summed E-state index contributed by atoms with van der Waals surface area (Å²) in [6.07, 6.45) is 9.88. The molecule has 2 heteroatoms. The molecule has 0 aromatic rings. The summed E-state index contributed by atoms with van der Waals surface area (Å²) >= 11 is 0. The first-order valence-corrected chi connectivity index (χ1v) is 8.98. The van der Waals surface area contributed by atoms with Gasteiger partial charge in [0.05, 0.1) is 0 Å². The van der Waals surface area contributed by atoms with Crippen molar-refractivity contribution in [1.82, 2.24) is 10.2 Å². The van der Waals surface area contributed by atoms with Crippen molar-refractivity contribution in [1.29, 1.82) is 0 Å². The molecule has 0 amide bonds. The van der Waals surface area contributed by atoms with E-state index in [4.69, 9.17) is 0 Å². The zero-order valence-electron chi connectivity index (χ0n) is 14.3. The number of nitrogens with zero attached hydrogens (tertiary/aromatic N) is 1. The Balaban J connectivity index is 1.80. The van der Waals surface area contributed by atoms with E-state index in [9.17, 15) is 0 Å². The maximum Gasteiger partial charge on any atom is 0.0195 e. The van der Waals surface area contributed by atoms with E-state index >= 15 is 0 Å². The molecule has 0 aromatic heterocycles. The fourth-order valence-corrected chi connectivity index (χ4v) is 4.21. The summed E-state index contributed by atoms with van der Waals surface area (Å²) in [7, 11) is 0. The predicted octanol–water partition coefficient (Wildman–Crippen LogP) is 4.06. The van der Waals surface area contributed by atoms with Gasteiger partial charge in [0.1, 0.15) is 0 Å². The van der Waals surface area contributed by atoms with Crippen molar-refractivity contribution in [3.63, 3.8) is 0 Å². The molecule has 2 rings (SSSR count). The topological polar surface area (TPSA) is 15.3 Å². The third-order valence-electron chi connectivity index (χ3n) is 5.71. The number of likely N-dealkylation sites (N-methyl/N-ethyl adjacent to an activating group) is 1. The molecule has 20 heavy (non-hydrogen) atoms. The van der Waals surface area contributed by atoms with Crippen LogP contribution in [0.25, 0.3) is 0 Å². The Morgan fingerprint density at radius 2 is 1.70 bits per heavy atom. The van der Waals surface area contributed by atoms with Gasteiger partial charge < -0.3 is 5.32 Å². The molecule has 0 radical (unpaired) electrons. The van der Waals surface area contributed by atoms with Gasteiger partial charge in [-0.05, 0) is 62.9 Å². The summed E-state index contributed by atoms with van der Waals surface area (Å²) in [5.41, 5.74) is 0.507. The smallest absolute Gasteiger partial charge is 0.0195 e. The Hall–Kier alpha value is -0.0800. The number of rotatable bonds is 4. The minimum Gasteiger partial charge on any atom is -0.313 e. The van der Waals surface area contributed by atoms with Crippen molar-refractivity contribution in [3.8, 4) is 0 Å². The summed E-state index contributed by atoms with van der Waals surface area (Å²) in [5, 5.41) is 3.71. The lowest BCUT2D eigenvalue weighted by Gasteiger charge is -2.42.